The van der Waals surface area contributed by atoms with Crippen molar-refractivity contribution in [2.45, 2.75) is 0 Å². The molecule has 0 spiro atoms. The number of allylic oxidation sites excluding steroid dienone is 1. The fourth-order valence-corrected chi connectivity index (χ4v) is 1.63. The summed E-state index contributed by atoms with van der Waals surface area (Å²) >= 11 is 5.99. The van der Waals surface area contributed by atoms with Gasteiger partial charge >= 0.3 is 0 Å². The number of pyridine rings is 1. The topological polar surface area (TPSA) is 54.4 Å². The second-order valence-electron chi connectivity index (χ2n) is 3.85. The molecule has 0 atom stereocenters. The lowest BCUT2D eigenvalue weighted by molar-refractivity contribution is 0.0950. The molecule has 1 N–H and O–H groups in total. The van der Waals surface area contributed by atoms with Crippen molar-refractivity contribution in [2.24, 2.45) is 5.10 Å². The average molecular weight is 286 g/mol. The first-order chi connectivity index (χ1) is 9.75. The molecule has 100 valence electrons. The molecular weight excluding hydrogens is 274 g/mol. The van der Waals surface area contributed by atoms with Gasteiger partial charge in [-0.25, -0.2) is 5.43 Å². The monoisotopic (exact) mass is 285 g/mol. The minimum atomic E-state index is -0.383. The minimum Gasteiger partial charge on any atom is -0.266 e. The van der Waals surface area contributed by atoms with Crippen molar-refractivity contribution in [3.8, 4) is 0 Å². The molecule has 0 bridgehead atoms. The van der Waals surface area contributed by atoms with E-state index in [1.165, 1.54) is 6.21 Å². The molecule has 1 aromatic heterocycles. The van der Waals surface area contributed by atoms with Crippen LogP contribution in [0.2, 0.25) is 0 Å². The zero-order chi connectivity index (χ0) is 14.2. The Labute approximate surface area is 121 Å². The van der Waals surface area contributed by atoms with Crippen LogP contribution in [0.25, 0.3) is 6.08 Å². The maximum atomic E-state index is 11.6. The quantitative estimate of drug-likeness (QED) is 0.693. The molecule has 1 heterocycles. The number of hydrogen-bond acceptors (Lipinski definition) is 3. The van der Waals surface area contributed by atoms with Gasteiger partial charge in [0.15, 0.2) is 0 Å². The molecule has 0 aliphatic rings. The first-order valence-electron chi connectivity index (χ1n) is 5.92. The van der Waals surface area contributed by atoms with Crippen LogP contribution in [0, 0.1) is 0 Å². The number of amides is 1. The van der Waals surface area contributed by atoms with Gasteiger partial charge in [-0.2, -0.15) is 5.10 Å². The standard InChI is InChI=1S/C15H12ClN3O/c16-13(10-12-6-2-1-3-7-12)11-18-19-15(20)14-8-4-5-9-17-14/h1-11H,(H,19,20)/b13-10+,18-11+. The molecule has 0 saturated carbocycles. The van der Waals surface area contributed by atoms with Gasteiger partial charge < -0.3 is 0 Å². The maximum Gasteiger partial charge on any atom is 0.289 e. The molecule has 20 heavy (non-hydrogen) atoms. The van der Waals surface area contributed by atoms with Crippen LogP contribution in [0.3, 0.4) is 0 Å². The van der Waals surface area contributed by atoms with Crippen molar-refractivity contribution in [1.29, 1.82) is 0 Å². The summed E-state index contributed by atoms with van der Waals surface area (Å²) in [5.41, 5.74) is 3.62. The lowest BCUT2D eigenvalue weighted by Crippen LogP contribution is -2.18. The molecular formula is C15H12ClN3O. The summed E-state index contributed by atoms with van der Waals surface area (Å²) in [5, 5.41) is 4.19. The van der Waals surface area contributed by atoms with Crippen LogP contribution in [-0.4, -0.2) is 17.1 Å². The van der Waals surface area contributed by atoms with Gasteiger partial charge in [-0.1, -0.05) is 48.0 Å². The molecule has 0 unspecified atom stereocenters. The number of hydrogen-bond donors (Lipinski definition) is 1. The van der Waals surface area contributed by atoms with E-state index in [1.54, 1.807) is 30.5 Å². The van der Waals surface area contributed by atoms with Gasteiger partial charge in [0.25, 0.3) is 5.91 Å². The van der Waals surface area contributed by atoms with Gasteiger partial charge in [-0.05, 0) is 23.8 Å². The van der Waals surface area contributed by atoms with Gasteiger partial charge in [-0.3, -0.25) is 9.78 Å². The predicted octanol–water partition coefficient (Wildman–Crippen LogP) is 3.08. The summed E-state index contributed by atoms with van der Waals surface area (Å²) < 4.78 is 0. The molecule has 4 nitrogen and oxygen atoms in total. The third kappa shape index (κ3) is 4.33. The van der Waals surface area contributed by atoms with Gasteiger partial charge in [-0.15, -0.1) is 0 Å². The summed E-state index contributed by atoms with van der Waals surface area (Å²) in [5.74, 6) is -0.383. The summed E-state index contributed by atoms with van der Waals surface area (Å²) in [6, 6.07) is 14.7. The third-order valence-electron chi connectivity index (χ3n) is 2.36. The predicted molar refractivity (Wildman–Crippen MR) is 80.5 cm³/mol. The minimum absolute atomic E-state index is 0.299. The van der Waals surface area contributed by atoms with Crippen LogP contribution in [0.5, 0.6) is 0 Å². The van der Waals surface area contributed by atoms with Crippen LogP contribution in [0.1, 0.15) is 16.1 Å². The normalized spacial score (nSPS) is 11.6. The lowest BCUT2D eigenvalue weighted by Gasteiger charge is -1.97. The highest BCUT2D eigenvalue weighted by molar-refractivity contribution is 6.41. The number of carbonyl (C=O) groups excluding carboxylic acids is 1. The van der Waals surface area contributed by atoms with Crippen molar-refractivity contribution in [1.82, 2.24) is 10.4 Å². The second kappa shape index (κ2) is 7.21. The number of rotatable bonds is 4. The molecule has 0 aliphatic heterocycles. The van der Waals surface area contributed by atoms with E-state index < -0.39 is 0 Å². The van der Waals surface area contributed by atoms with Crippen molar-refractivity contribution in [3.05, 3.63) is 71.0 Å². The van der Waals surface area contributed by atoms with Crippen molar-refractivity contribution in [2.75, 3.05) is 0 Å². The highest BCUT2D eigenvalue weighted by Gasteiger charge is 2.03. The number of nitrogens with zero attached hydrogens (tertiary/aromatic N) is 2. The average Bonchev–Trinajstić information content (AvgIpc) is 2.49. The Morgan fingerprint density at radius 1 is 1.15 bits per heavy atom. The van der Waals surface area contributed by atoms with Crippen molar-refractivity contribution in [3.63, 3.8) is 0 Å². The van der Waals surface area contributed by atoms with E-state index in [-0.39, 0.29) is 5.91 Å². The Morgan fingerprint density at radius 2 is 1.90 bits per heavy atom. The lowest BCUT2D eigenvalue weighted by atomic mass is 10.2. The molecule has 0 saturated heterocycles. The first-order valence-corrected chi connectivity index (χ1v) is 6.30. The number of carbonyl (C=O) groups is 1. The van der Waals surface area contributed by atoms with Crippen molar-refractivity contribution >= 4 is 29.8 Å². The molecule has 0 fully saturated rings. The first kappa shape index (κ1) is 14.0. The number of halogens is 1. The van der Waals surface area contributed by atoms with E-state index >= 15 is 0 Å². The van der Waals surface area contributed by atoms with E-state index in [4.69, 9.17) is 11.6 Å². The molecule has 1 amide bonds. The van der Waals surface area contributed by atoms with Gasteiger partial charge in [0.2, 0.25) is 0 Å². The van der Waals surface area contributed by atoms with Crippen LogP contribution < -0.4 is 5.43 Å². The van der Waals surface area contributed by atoms with Crippen LogP contribution >= 0.6 is 11.6 Å². The molecule has 1 aromatic carbocycles. The van der Waals surface area contributed by atoms with E-state index in [2.05, 4.69) is 15.5 Å². The largest absolute Gasteiger partial charge is 0.289 e. The third-order valence-corrected chi connectivity index (χ3v) is 2.56. The van der Waals surface area contributed by atoms with Crippen LogP contribution in [0.15, 0.2) is 64.9 Å². The summed E-state index contributed by atoms with van der Waals surface area (Å²) in [6.07, 6.45) is 4.66. The van der Waals surface area contributed by atoms with Crippen LogP contribution in [0.4, 0.5) is 0 Å². The Balaban J connectivity index is 1.94. The Morgan fingerprint density at radius 3 is 2.60 bits per heavy atom. The summed E-state index contributed by atoms with van der Waals surface area (Å²) in [4.78, 5) is 15.5. The molecule has 0 radical (unpaired) electrons. The number of hydrazone groups is 1. The Bertz CT molecular complexity index is 624. The van der Waals surface area contributed by atoms with Gasteiger partial charge in [0, 0.05) is 6.20 Å². The number of benzene rings is 1. The molecule has 2 rings (SSSR count). The van der Waals surface area contributed by atoms with Crippen LogP contribution in [-0.2, 0) is 0 Å². The van der Waals surface area contributed by atoms with E-state index in [9.17, 15) is 4.79 Å². The zero-order valence-electron chi connectivity index (χ0n) is 10.5. The summed E-state index contributed by atoms with van der Waals surface area (Å²) in [7, 11) is 0. The molecule has 5 heteroatoms. The van der Waals surface area contributed by atoms with E-state index in [1.807, 2.05) is 30.3 Å². The smallest absolute Gasteiger partial charge is 0.266 e. The van der Waals surface area contributed by atoms with Gasteiger partial charge in [0.1, 0.15) is 5.69 Å². The summed E-state index contributed by atoms with van der Waals surface area (Å²) in [6.45, 7) is 0. The molecule has 2 aromatic rings. The maximum absolute atomic E-state index is 11.6. The fourth-order valence-electron chi connectivity index (χ4n) is 1.45. The number of aromatic nitrogens is 1. The second-order valence-corrected chi connectivity index (χ2v) is 4.29. The number of nitrogens with one attached hydrogen (secondary N) is 1. The fraction of sp³-hybridized carbons (Fsp3) is 0. The van der Waals surface area contributed by atoms with Crippen molar-refractivity contribution < 1.29 is 4.79 Å². The Hall–Kier alpha value is -2.46. The van der Waals surface area contributed by atoms with E-state index in [0.29, 0.717) is 10.7 Å². The van der Waals surface area contributed by atoms with Gasteiger partial charge in [0.05, 0.1) is 11.2 Å². The SMILES string of the molecule is O=C(N/N=C/C(Cl)=C\c1ccccc1)c1ccccn1. The zero-order valence-corrected chi connectivity index (χ0v) is 11.3. The Kier molecular flexibility index (Phi) is 5.03. The molecule has 0 aliphatic carbocycles. The van der Waals surface area contributed by atoms with E-state index in [0.717, 1.165) is 5.56 Å². The highest BCUT2D eigenvalue weighted by atomic mass is 35.5. The highest BCUT2D eigenvalue weighted by Crippen LogP contribution is 2.07.